The number of ether oxygens (including phenoxy) is 1. The van der Waals surface area contributed by atoms with Crippen molar-refractivity contribution in [3.05, 3.63) is 28.7 Å². The molecule has 1 aromatic heterocycles. The summed E-state index contributed by atoms with van der Waals surface area (Å²) in [6, 6.07) is 4.98. The Morgan fingerprint density at radius 1 is 1.35 bits per heavy atom. The molecule has 1 saturated heterocycles. The molecular weight excluding hydrogens is 302 g/mol. The fourth-order valence-electron chi connectivity index (χ4n) is 2.65. The molecule has 2 amide bonds. The number of oxazole rings is 1. The molecule has 3 rings (SSSR count). The third kappa shape index (κ3) is 2.45. The zero-order valence-corrected chi connectivity index (χ0v) is 13.0. The first-order chi connectivity index (χ1) is 10.9. The number of carbonyl (C=O) groups is 2. The Morgan fingerprint density at radius 3 is 2.74 bits per heavy atom. The van der Waals surface area contributed by atoms with E-state index in [2.05, 4.69) is 5.32 Å². The van der Waals surface area contributed by atoms with Crippen molar-refractivity contribution >= 4 is 28.8 Å². The van der Waals surface area contributed by atoms with Crippen molar-refractivity contribution in [2.45, 2.75) is 26.0 Å². The SMILES string of the molecule is CNC(=O)C1CN(c2ccc3c(c2)oc(=O)n3C(C)C)C(=O)O1. The van der Waals surface area contributed by atoms with Gasteiger partial charge in [0.25, 0.3) is 5.91 Å². The minimum absolute atomic E-state index is 0.0380. The molecule has 2 aromatic rings. The fourth-order valence-corrected chi connectivity index (χ4v) is 2.65. The minimum atomic E-state index is -0.851. The molecule has 1 unspecified atom stereocenters. The van der Waals surface area contributed by atoms with E-state index in [-0.39, 0.29) is 18.5 Å². The molecule has 1 atom stereocenters. The molecule has 0 aliphatic carbocycles. The van der Waals surface area contributed by atoms with Gasteiger partial charge in [0.1, 0.15) is 0 Å². The van der Waals surface area contributed by atoms with Crippen LogP contribution in [0.1, 0.15) is 19.9 Å². The summed E-state index contributed by atoms with van der Waals surface area (Å²) in [7, 11) is 1.48. The first kappa shape index (κ1) is 15.1. The Morgan fingerprint density at radius 2 is 2.09 bits per heavy atom. The van der Waals surface area contributed by atoms with Crippen LogP contribution in [0.15, 0.2) is 27.4 Å². The van der Waals surface area contributed by atoms with E-state index in [1.165, 1.54) is 16.5 Å². The molecule has 2 heterocycles. The molecule has 8 nitrogen and oxygen atoms in total. The highest BCUT2D eigenvalue weighted by molar-refractivity contribution is 5.96. The smallest absolute Gasteiger partial charge is 0.420 e. The summed E-state index contributed by atoms with van der Waals surface area (Å²) in [4.78, 5) is 36.8. The van der Waals surface area contributed by atoms with Crippen molar-refractivity contribution in [3.63, 3.8) is 0 Å². The number of anilines is 1. The van der Waals surface area contributed by atoms with Crippen LogP contribution < -0.4 is 16.0 Å². The highest BCUT2D eigenvalue weighted by Gasteiger charge is 2.36. The standard InChI is InChI=1S/C15H17N3O5/c1-8(2)18-10-5-4-9(6-11(10)22-15(18)21)17-7-12(13(19)16-3)23-14(17)20/h4-6,8,12H,7H2,1-3H3,(H,16,19). The zero-order chi connectivity index (χ0) is 16.7. The second-order valence-electron chi connectivity index (χ2n) is 5.58. The number of aromatic nitrogens is 1. The van der Waals surface area contributed by atoms with E-state index in [4.69, 9.17) is 9.15 Å². The number of rotatable bonds is 3. The quantitative estimate of drug-likeness (QED) is 0.919. The Kier molecular flexibility index (Phi) is 3.59. The van der Waals surface area contributed by atoms with Crippen molar-refractivity contribution in [1.29, 1.82) is 0 Å². The molecule has 122 valence electrons. The summed E-state index contributed by atoms with van der Waals surface area (Å²) in [6.45, 7) is 3.88. The van der Waals surface area contributed by atoms with Crippen LogP contribution in [0.3, 0.4) is 0 Å². The maximum atomic E-state index is 11.9. The van der Waals surface area contributed by atoms with Crippen LogP contribution in [0.5, 0.6) is 0 Å². The van der Waals surface area contributed by atoms with Gasteiger partial charge in [-0.2, -0.15) is 0 Å². The summed E-state index contributed by atoms with van der Waals surface area (Å²) in [5.74, 6) is -0.807. The number of hydrogen-bond acceptors (Lipinski definition) is 5. The van der Waals surface area contributed by atoms with Crippen LogP contribution in [-0.2, 0) is 9.53 Å². The number of fused-ring (bicyclic) bond motifs is 1. The summed E-state index contributed by atoms with van der Waals surface area (Å²) < 4.78 is 11.8. The Bertz CT molecular complexity index is 835. The highest BCUT2D eigenvalue weighted by atomic mass is 16.6. The van der Waals surface area contributed by atoms with Gasteiger partial charge in [-0.05, 0) is 26.0 Å². The van der Waals surface area contributed by atoms with Gasteiger partial charge in [-0.3, -0.25) is 14.3 Å². The van der Waals surface area contributed by atoms with E-state index >= 15 is 0 Å². The molecule has 0 spiro atoms. The fraction of sp³-hybridized carbons (Fsp3) is 0.400. The van der Waals surface area contributed by atoms with Crippen molar-refractivity contribution in [2.24, 2.45) is 0 Å². The second kappa shape index (κ2) is 5.45. The van der Waals surface area contributed by atoms with Crippen LogP contribution >= 0.6 is 0 Å². The molecule has 23 heavy (non-hydrogen) atoms. The number of carbonyl (C=O) groups excluding carboxylic acids is 2. The van der Waals surface area contributed by atoms with E-state index in [1.807, 2.05) is 13.8 Å². The van der Waals surface area contributed by atoms with Crippen LogP contribution in [0, 0.1) is 0 Å². The van der Waals surface area contributed by atoms with Gasteiger partial charge in [-0.25, -0.2) is 9.59 Å². The number of hydrogen-bond donors (Lipinski definition) is 1. The van der Waals surface area contributed by atoms with Gasteiger partial charge >= 0.3 is 11.8 Å². The van der Waals surface area contributed by atoms with E-state index in [1.54, 1.807) is 18.2 Å². The Balaban J connectivity index is 1.97. The lowest BCUT2D eigenvalue weighted by molar-refractivity contribution is -0.127. The summed E-state index contributed by atoms with van der Waals surface area (Å²) in [5, 5.41) is 2.45. The maximum absolute atomic E-state index is 11.9. The predicted molar refractivity (Wildman–Crippen MR) is 82.5 cm³/mol. The van der Waals surface area contributed by atoms with E-state index in [0.717, 1.165) is 0 Å². The Labute approximate surface area is 131 Å². The lowest BCUT2D eigenvalue weighted by Gasteiger charge is -2.13. The van der Waals surface area contributed by atoms with Crippen LogP contribution in [0.4, 0.5) is 10.5 Å². The van der Waals surface area contributed by atoms with E-state index in [9.17, 15) is 14.4 Å². The molecule has 1 aliphatic heterocycles. The zero-order valence-electron chi connectivity index (χ0n) is 13.0. The lowest BCUT2D eigenvalue weighted by Crippen LogP contribution is -2.35. The minimum Gasteiger partial charge on any atom is -0.434 e. The van der Waals surface area contributed by atoms with E-state index < -0.39 is 18.0 Å². The topological polar surface area (TPSA) is 93.8 Å². The van der Waals surface area contributed by atoms with Gasteiger partial charge in [0.05, 0.1) is 17.7 Å². The molecule has 0 bridgehead atoms. The van der Waals surface area contributed by atoms with Crippen molar-refractivity contribution in [3.8, 4) is 0 Å². The number of nitrogens with zero attached hydrogens (tertiary/aromatic N) is 2. The third-order valence-corrected chi connectivity index (χ3v) is 3.78. The number of benzene rings is 1. The van der Waals surface area contributed by atoms with Crippen LogP contribution in [0.25, 0.3) is 11.1 Å². The molecule has 1 aromatic carbocycles. The van der Waals surface area contributed by atoms with Gasteiger partial charge in [0, 0.05) is 19.2 Å². The second-order valence-corrected chi connectivity index (χ2v) is 5.58. The summed E-state index contributed by atoms with van der Waals surface area (Å²) in [5.41, 5.74) is 1.56. The molecule has 1 N–H and O–H groups in total. The van der Waals surface area contributed by atoms with Crippen LogP contribution in [0.2, 0.25) is 0 Å². The normalized spacial score (nSPS) is 17.8. The number of nitrogens with one attached hydrogen (secondary N) is 1. The summed E-state index contributed by atoms with van der Waals surface area (Å²) >= 11 is 0. The van der Waals surface area contributed by atoms with E-state index in [0.29, 0.717) is 16.8 Å². The monoisotopic (exact) mass is 319 g/mol. The first-order valence-electron chi connectivity index (χ1n) is 7.27. The van der Waals surface area contributed by atoms with Gasteiger partial charge < -0.3 is 14.5 Å². The molecule has 8 heteroatoms. The third-order valence-electron chi connectivity index (χ3n) is 3.78. The molecule has 0 radical (unpaired) electrons. The van der Waals surface area contributed by atoms with Crippen LogP contribution in [-0.4, -0.2) is 36.3 Å². The number of cyclic esters (lactones) is 1. The lowest BCUT2D eigenvalue weighted by atomic mass is 10.2. The van der Waals surface area contributed by atoms with Crippen molar-refractivity contribution < 1.29 is 18.7 Å². The van der Waals surface area contributed by atoms with Crippen molar-refractivity contribution in [1.82, 2.24) is 9.88 Å². The predicted octanol–water partition coefficient (Wildman–Crippen LogP) is 1.25. The average molecular weight is 319 g/mol. The van der Waals surface area contributed by atoms with Gasteiger partial charge in [0.15, 0.2) is 11.7 Å². The van der Waals surface area contributed by atoms with Gasteiger partial charge in [0.2, 0.25) is 0 Å². The first-order valence-corrected chi connectivity index (χ1v) is 7.27. The largest absolute Gasteiger partial charge is 0.434 e. The summed E-state index contributed by atoms with van der Waals surface area (Å²) in [6.07, 6.45) is -1.46. The number of likely N-dealkylation sites (N-methyl/N-ethyl adjacent to an activating group) is 1. The highest BCUT2D eigenvalue weighted by Crippen LogP contribution is 2.26. The molecule has 0 saturated carbocycles. The molecular formula is C15H17N3O5. The molecule has 1 aliphatic rings. The van der Waals surface area contributed by atoms with Crippen molar-refractivity contribution in [2.75, 3.05) is 18.5 Å². The average Bonchev–Trinajstić information content (AvgIpc) is 3.04. The Hall–Kier alpha value is -2.77. The molecule has 1 fully saturated rings. The van der Waals surface area contributed by atoms with Gasteiger partial charge in [-0.15, -0.1) is 0 Å². The van der Waals surface area contributed by atoms with Gasteiger partial charge in [-0.1, -0.05) is 0 Å². The maximum Gasteiger partial charge on any atom is 0.420 e. The number of amides is 2.